The molecule has 5 nitrogen and oxygen atoms in total. The molecular weight excluding hydrogens is 359 g/mol. The van der Waals surface area contributed by atoms with E-state index in [9.17, 15) is 9.18 Å². The average Bonchev–Trinajstić information content (AvgIpc) is 2.68. The van der Waals surface area contributed by atoms with Crippen LogP contribution in [0.3, 0.4) is 0 Å². The summed E-state index contributed by atoms with van der Waals surface area (Å²) in [6.07, 6.45) is 2.22. The van der Waals surface area contributed by atoms with Crippen LogP contribution >= 0.6 is 0 Å². The van der Waals surface area contributed by atoms with Gasteiger partial charge in [0, 0.05) is 18.0 Å². The van der Waals surface area contributed by atoms with Crippen LogP contribution in [0.15, 0.2) is 35.1 Å². The number of fused-ring (bicyclic) bond motifs is 2. The molecule has 0 atom stereocenters. The highest BCUT2D eigenvalue weighted by atomic mass is 19.1. The SMILES string of the molecule is CCCN(CCC)CCOc1ccc2[nH]c3cc(F)cc(OC)c3c(=O)c2c1. The lowest BCUT2D eigenvalue weighted by atomic mass is 10.1. The van der Waals surface area contributed by atoms with Gasteiger partial charge in [0.2, 0.25) is 5.43 Å². The maximum Gasteiger partial charge on any atom is 0.201 e. The molecule has 0 unspecified atom stereocenters. The lowest BCUT2D eigenvalue weighted by Crippen LogP contribution is -2.30. The van der Waals surface area contributed by atoms with Crippen LogP contribution in [0.5, 0.6) is 11.5 Å². The molecule has 0 spiro atoms. The van der Waals surface area contributed by atoms with Gasteiger partial charge in [0.15, 0.2) is 0 Å². The predicted octanol–water partition coefficient (Wildman–Crippen LogP) is 4.33. The number of aromatic nitrogens is 1. The van der Waals surface area contributed by atoms with Gasteiger partial charge in [-0.15, -0.1) is 0 Å². The largest absolute Gasteiger partial charge is 0.496 e. The fourth-order valence-corrected chi connectivity index (χ4v) is 3.53. The maximum absolute atomic E-state index is 13.8. The van der Waals surface area contributed by atoms with E-state index in [2.05, 4.69) is 23.7 Å². The Morgan fingerprint density at radius 3 is 2.46 bits per heavy atom. The van der Waals surface area contributed by atoms with Crippen LogP contribution < -0.4 is 14.9 Å². The Kier molecular flexibility index (Phi) is 6.52. The molecule has 28 heavy (non-hydrogen) atoms. The summed E-state index contributed by atoms with van der Waals surface area (Å²) in [4.78, 5) is 18.5. The quantitative estimate of drug-likeness (QED) is 0.556. The topological polar surface area (TPSA) is 54.6 Å². The number of pyridine rings is 1. The van der Waals surface area contributed by atoms with Crippen molar-refractivity contribution in [3.63, 3.8) is 0 Å². The number of ether oxygens (including phenoxy) is 2. The molecule has 3 rings (SSSR count). The fourth-order valence-electron chi connectivity index (χ4n) is 3.53. The number of hydrogen-bond acceptors (Lipinski definition) is 4. The Hall–Kier alpha value is -2.60. The van der Waals surface area contributed by atoms with Crippen molar-refractivity contribution in [3.8, 4) is 11.5 Å². The second-order valence-electron chi connectivity index (χ2n) is 6.88. The van der Waals surface area contributed by atoms with Gasteiger partial charge in [0.25, 0.3) is 0 Å². The van der Waals surface area contributed by atoms with E-state index < -0.39 is 5.82 Å². The van der Waals surface area contributed by atoms with Crippen molar-refractivity contribution >= 4 is 21.8 Å². The van der Waals surface area contributed by atoms with E-state index in [4.69, 9.17) is 9.47 Å². The fraction of sp³-hybridized carbons (Fsp3) is 0.409. The van der Waals surface area contributed by atoms with Crippen LogP contribution in [0.2, 0.25) is 0 Å². The van der Waals surface area contributed by atoms with Gasteiger partial charge in [-0.3, -0.25) is 9.69 Å². The number of methoxy groups -OCH3 is 1. The zero-order chi connectivity index (χ0) is 20.1. The van der Waals surface area contributed by atoms with Crippen molar-refractivity contribution in [2.75, 3.05) is 33.4 Å². The van der Waals surface area contributed by atoms with Crippen LogP contribution in [0.1, 0.15) is 26.7 Å². The minimum atomic E-state index is -0.456. The standard InChI is InChI=1S/C22H27FN2O3/c1-4-8-25(9-5-2)10-11-28-16-6-7-18-17(14-16)22(26)21-19(24-18)12-15(23)13-20(21)27-3/h6-7,12-14H,4-5,8-11H2,1-3H3,(H,24,26). The van der Waals surface area contributed by atoms with Crippen molar-refractivity contribution < 1.29 is 13.9 Å². The van der Waals surface area contributed by atoms with Crippen molar-refractivity contribution in [1.29, 1.82) is 0 Å². The number of benzene rings is 2. The number of aromatic amines is 1. The Labute approximate surface area is 164 Å². The van der Waals surface area contributed by atoms with Crippen LogP contribution in [0, 0.1) is 5.82 Å². The first-order valence-electron chi connectivity index (χ1n) is 9.75. The highest BCUT2D eigenvalue weighted by Gasteiger charge is 2.13. The van der Waals surface area contributed by atoms with Crippen LogP contribution in [0.25, 0.3) is 21.8 Å². The second-order valence-corrected chi connectivity index (χ2v) is 6.88. The van der Waals surface area contributed by atoms with E-state index in [1.54, 1.807) is 12.1 Å². The van der Waals surface area contributed by atoms with Crippen LogP contribution in [-0.4, -0.2) is 43.2 Å². The minimum absolute atomic E-state index is 0.204. The molecule has 0 aliphatic heterocycles. The molecule has 1 aromatic heterocycles. The lowest BCUT2D eigenvalue weighted by Gasteiger charge is -2.20. The third-order valence-corrected chi connectivity index (χ3v) is 4.77. The molecule has 150 valence electrons. The van der Waals surface area contributed by atoms with Crippen LogP contribution in [0.4, 0.5) is 4.39 Å². The normalized spacial score (nSPS) is 11.5. The number of rotatable bonds is 9. The monoisotopic (exact) mass is 386 g/mol. The summed E-state index contributed by atoms with van der Waals surface area (Å²) >= 11 is 0. The number of H-pyrrole nitrogens is 1. The number of halogens is 1. The van der Waals surface area contributed by atoms with E-state index in [1.165, 1.54) is 19.2 Å². The summed E-state index contributed by atoms with van der Waals surface area (Å²) < 4.78 is 24.9. The van der Waals surface area contributed by atoms with Crippen molar-refractivity contribution in [2.45, 2.75) is 26.7 Å². The maximum atomic E-state index is 13.8. The molecule has 2 aromatic carbocycles. The predicted molar refractivity (Wildman–Crippen MR) is 111 cm³/mol. The molecule has 6 heteroatoms. The molecule has 0 radical (unpaired) electrons. The van der Waals surface area contributed by atoms with Gasteiger partial charge in [0.05, 0.1) is 23.5 Å². The molecule has 0 aliphatic carbocycles. The summed E-state index contributed by atoms with van der Waals surface area (Å²) in [5.41, 5.74) is 0.846. The van der Waals surface area contributed by atoms with Crippen molar-refractivity contribution in [3.05, 3.63) is 46.4 Å². The Balaban J connectivity index is 1.88. The smallest absolute Gasteiger partial charge is 0.201 e. The molecule has 0 aliphatic rings. The summed E-state index contributed by atoms with van der Waals surface area (Å²) in [6.45, 7) is 7.85. The highest BCUT2D eigenvalue weighted by Crippen LogP contribution is 2.26. The summed E-state index contributed by atoms with van der Waals surface area (Å²) in [5, 5.41) is 0.833. The molecule has 1 heterocycles. The first-order chi connectivity index (χ1) is 13.6. The zero-order valence-electron chi connectivity index (χ0n) is 16.7. The van der Waals surface area contributed by atoms with Gasteiger partial charge in [-0.05, 0) is 50.2 Å². The molecule has 0 amide bonds. The number of nitrogens with one attached hydrogen (secondary N) is 1. The van der Waals surface area contributed by atoms with Gasteiger partial charge >= 0.3 is 0 Å². The Morgan fingerprint density at radius 1 is 1.04 bits per heavy atom. The van der Waals surface area contributed by atoms with E-state index in [0.29, 0.717) is 34.2 Å². The highest BCUT2D eigenvalue weighted by molar-refractivity contribution is 5.96. The molecule has 0 fully saturated rings. The summed E-state index contributed by atoms with van der Waals surface area (Å²) in [5.74, 6) is 0.411. The minimum Gasteiger partial charge on any atom is -0.496 e. The lowest BCUT2D eigenvalue weighted by molar-refractivity contribution is 0.209. The summed E-state index contributed by atoms with van der Waals surface area (Å²) in [6, 6.07) is 7.88. The van der Waals surface area contributed by atoms with Crippen molar-refractivity contribution in [2.24, 2.45) is 0 Å². The Morgan fingerprint density at radius 2 is 1.79 bits per heavy atom. The Bertz CT molecular complexity index is 1010. The third-order valence-electron chi connectivity index (χ3n) is 4.77. The van der Waals surface area contributed by atoms with Gasteiger partial charge in [0.1, 0.15) is 23.9 Å². The third kappa shape index (κ3) is 4.28. The molecule has 1 N–H and O–H groups in total. The molecular formula is C22H27FN2O3. The van der Waals surface area contributed by atoms with E-state index in [1.807, 2.05) is 6.07 Å². The molecule has 3 aromatic rings. The van der Waals surface area contributed by atoms with Gasteiger partial charge in [-0.2, -0.15) is 0 Å². The van der Waals surface area contributed by atoms with Gasteiger partial charge in [-0.25, -0.2) is 4.39 Å². The molecule has 0 saturated heterocycles. The van der Waals surface area contributed by atoms with Crippen molar-refractivity contribution in [1.82, 2.24) is 9.88 Å². The molecule has 0 bridgehead atoms. The summed E-state index contributed by atoms with van der Waals surface area (Å²) in [7, 11) is 1.43. The first kappa shape index (κ1) is 20.1. The molecule has 0 saturated carbocycles. The van der Waals surface area contributed by atoms with Crippen LogP contribution in [-0.2, 0) is 0 Å². The average molecular weight is 386 g/mol. The van der Waals surface area contributed by atoms with Gasteiger partial charge < -0.3 is 14.5 Å². The second kappa shape index (κ2) is 9.06. The van der Waals surface area contributed by atoms with E-state index >= 15 is 0 Å². The zero-order valence-corrected chi connectivity index (χ0v) is 16.7. The van der Waals surface area contributed by atoms with E-state index in [-0.39, 0.29) is 11.2 Å². The van der Waals surface area contributed by atoms with E-state index in [0.717, 1.165) is 32.5 Å². The first-order valence-corrected chi connectivity index (χ1v) is 9.75. The van der Waals surface area contributed by atoms with Gasteiger partial charge in [-0.1, -0.05) is 13.8 Å². The number of hydrogen-bond donors (Lipinski definition) is 1. The number of nitrogens with zero attached hydrogens (tertiary/aromatic N) is 1.